The van der Waals surface area contributed by atoms with Gasteiger partial charge in [-0.1, -0.05) is 18.5 Å². The summed E-state index contributed by atoms with van der Waals surface area (Å²) in [6.45, 7) is 4.75. The average molecular weight is 342 g/mol. The van der Waals surface area contributed by atoms with Crippen LogP contribution in [-0.2, 0) is 11.3 Å². The molecule has 23 heavy (non-hydrogen) atoms. The van der Waals surface area contributed by atoms with Gasteiger partial charge >= 0.3 is 5.97 Å². The van der Waals surface area contributed by atoms with Crippen LogP contribution in [0.5, 0.6) is 11.5 Å². The van der Waals surface area contributed by atoms with Crippen molar-refractivity contribution in [3.63, 3.8) is 0 Å². The third-order valence-electron chi connectivity index (χ3n) is 4.00. The molecule has 1 aromatic rings. The number of likely N-dealkylation sites (tertiary alicyclic amines) is 1. The van der Waals surface area contributed by atoms with Gasteiger partial charge in [-0.3, -0.25) is 9.69 Å². The summed E-state index contributed by atoms with van der Waals surface area (Å²) in [5.74, 6) is 0.191. The fourth-order valence-corrected chi connectivity index (χ4v) is 3.16. The highest BCUT2D eigenvalue weighted by molar-refractivity contribution is 6.32. The monoisotopic (exact) mass is 341 g/mol. The number of carboxylic acids is 1. The van der Waals surface area contributed by atoms with Crippen molar-refractivity contribution in [1.82, 2.24) is 4.90 Å². The van der Waals surface area contributed by atoms with Crippen LogP contribution in [0.4, 0.5) is 0 Å². The van der Waals surface area contributed by atoms with Crippen molar-refractivity contribution >= 4 is 17.6 Å². The Morgan fingerprint density at radius 3 is 2.91 bits per heavy atom. The molecule has 0 aromatic heterocycles. The van der Waals surface area contributed by atoms with Crippen molar-refractivity contribution in [3.8, 4) is 11.5 Å². The molecule has 0 bridgehead atoms. The lowest BCUT2D eigenvalue weighted by Gasteiger charge is -2.30. The molecule has 1 heterocycles. The van der Waals surface area contributed by atoms with Gasteiger partial charge in [0, 0.05) is 13.1 Å². The summed E-state index contributed by atoms with van der Waals surface area (Å²) in [5, 5.41) is 9.71. The van der Waals surface area contributed by atoms with Gasteiger partial charge in [-0.05, 0) is 43.5 Å². The van der Waals surface area contributed by atoms with Crippen LogP contribution in [-0.4, -0.2) is 42.8 Å². The normalized spacial score (nSPS) is 18.7. The first-order valence-electron chi connectivity index (χ1n) is 7.99. The summed E-state index contributed by atoms with van der Waals surface area (Å²) in [7, 11) is 1.59. The topological polar surface area (TPSA) is 59.0 Å². The second kappa shape index (κ2) is 8.41. The molecule has 0 saturated carbocycles. The maximum absolute atomic E-state index is 11.2. The van der Waals surface area contributed by atoms with Gasteiger partial charge < -0.3 is 14.6 Å². The minimum atomic E-state index is -0.714. The van der Waals surface area contributed by atoms with Gasteiger partial charge in [0.1, 0.15) is 0 Å². The lowest BCUT2D eigenvalue weighted by molar-refractivity contribution is -0.143. The number of hydrogen-bond acceptors (Lipinski definition) is 4. The third-order valence-corrected chi connectivity index (χ3v) is 4.28. The molecule has 1 saturated heterocycles. The average Bonchev–Trinajstić information content (AvgIpc) is 2.53. The van der Waals surface area contributed by atoms with E-state index >= 15 is 0 Å². The molecule has 2 rings (SSSR count). The molecule has 1 aromatic carbocycles. The van der Waals surface area contributed by atoms with E-state index in [-0.39, 0.29) is 5.92 Å². The van der Waals surface area contributed by atoms with Gasteiger partial charge in [-0.15, -0.1) is 0 Å². The van der Waals surface area contributed by atoms with E-state index in [4.69, 9.17) is 21.1 Å². The van der Waals surface area contributed by atoms with Crippen molar-refractivity contribution in [2.45, 2.75) is 32.7 Å². The van der Waals surface area contributed by atoms with Crippen molar-refractivity contribution < 1.29 is 19.4 Å². The Morgan fingerprint density at radius 2 is 2.26 bits per heavy atom. The maximum atomic E-state index is 11.2. The molecule has 0 amide bonds. The predicted octanol–water partition coefficient (Wildman–Crippen LogP) is 3.43. The minimum Gasteiger partial charge on any atom is -0.493 e. The minimum absolute atomic E-state index is 0.284. The fraction of sp³-hybridized carbons (Fsp3) is 0.588. The molecular formula is C17H24ClNO4. The molecule has 0 aliphatic carbocycles. The number of carbonyl (C=O) groups is 1. The van der Waals surface area contributed by atoms with E-state index in [1.807, 2.05) is 19.1 Å². The van der Waals surface area contributed by atoms with Crippen LogP contribution in [0.3, 0.4) is 0 Å². The Kier molecular flexibility index (Phi) is 6.54. The third kappa shape index (κ3) is 4.75. The molecule has 1 N–H and O–H groups in total. The van der Waals surface area contributed by atoms with E-state index in [0.717, 1.165) is 31.4 Å². The SMILES string of the molecule is CCCOc1c(Cl)cc(CN2CCCC(C(=O)O)C2)cc1OC. The van der Waals surface area contributed by atoms with Gasteiger partial charge in [0.2, 0.25) is 0 Å². The Balaban J connectivity index is 2.10. The van der Waals surface area contributed by atoms with E-state index in [0.29, 0.717) is 36.2 Å². The van der Waals surface area contributed by atoms with E-state index < -0.39 is 5.97 Å². The molecule has 5 nitrogen and oxygen atoms in total. The number of halogens is 1. The maximum Gasteiger partial charge on any atom is 0.307 e. The number of ether oxygens (including phenoxy) is 2. The number of hydrogen-bond donors (Lipinski definition) is 1. The number of benzene rings is 1. The summed E-state index contributed by atoms with van der Waals surface area (Å²) in [6, 6.07) is 3.79. The Labute approximate surface area is 142 Å². The van der Waals surface area contributed by atoms with Crippen LogP contribution in [0.1, 0.15) is 31.7 Å². The molecule has 6 heteroatoms. The lowest BCUT2D eigenvalue weighted by Crippen LogP contribution is -2.38. The van der Waals surface area contributed by atoms with Crippen molar-refractivity contribution in [2.24, 2.45) is 5.92 Å². The summed E-state index contributed by atoms with van der Waals surface area (Å²) in [6.07, 6.45) is 2.55. The van der Waals surface area contributed by atoms with Gasteiger partial charge in [0.25, 0.3) is 0 Å². The zero-order chi connectivity index (χ0) is 16.8. The first-order chi connectivity index (χ1) is 11.0. The molecule has 1 unspecified atom stereocenters. The van der Waals surface area contributed by atoms with Crippen molar-refractivity contribution in [2.75, 3.05) is 26.8 Å². The number of rotatable bonds is 7. The molecule has 1 atom stereocenters. The van der Waals surface area contributed by atoms with E-state index in [9.17, 15) is 9.90 Å². The predicted molar refractivity (Wildman–Crippen MR) is 89.4 cm³/mol. The zero-order valence-electron chi connectivity index (χ0n) is 13.7. The van der Waals surface area contributed by atoms with Crippen LogP contribution in [0.25, 0.3) is 0 Å². The largest absolute Gasteiger partial charge is 0.493 e. The molecule has 1 aliphatic heterocycles. The van der Waals surface area contributed by atoms with Crippen molar-refractivity contribution in [1.29, 1.82) is 0 Å². The van der Waals surface area contributed by atoms with Crippen LogP contribution < -0.4 is 9.47 Å². The molecular weight excluding hydrogens is 318 g/mol. The molecule has 1 fully saturated rings. The summed E-state index contributed by atoms with van der Waals surface area (Å²) < 4.78 is 11.0. The zero-order valence-corrected chi connectivity index (χ0v) is 14.4. The summed E-state index contributed by atoms with van der Waals surface area (Å²) >= 11 is 6.33. The van der Waals surface area contributed by atoms with Crippen molar-refractivity contribution in [3.05, 3.63) is 22.7 Å². The molecule has 0 radical (unpaired) electrons. The van der Waals surface area contributed by atoms with Crippen LogP contribution in [0.15, 0.2) is 12.1 Å². The van der Waals surface area contributed by atoms with E-state index in [2.05, 4.69) is 4.90 Å². The molecule has 0 spiro atoms. The Bertz CT molecular complexity index is 550. The highest BCUT2D eigenvalue weighted by atomic mass is 35.5. The number of aliphatic carboxylic acids is 1. The van der Waals surface area contributed by atoms with Crippen LogP contribution in [0, 0.1) is 5.92 Å². The number of piperidine rings is 1. The highest BCUT2D eigenvalue weighted by Crippen LogP contribution is 2.37. The number of methoxy groups -OCH3 is 1. The Morgan fingerprint density at radius 1 is 1.48 bits per heavy atom. The fourth-order valence-electron chi connectivity index (χ4n) is 2.87. The smallest absolute Gasteiger partial charge is 0.307 e. The van der Waals surface area contributed by atoms with Gasteiger partial charge in [0.05, 0.1) is 24.7 Å². The first-order valence-corrected chi connectivity index (χ1v) is 8.37. The second-order valence-corrected chi connectivity index (χ2v) is 6.28. The molecule has 1 aliphatic rings. The van der Waals surface area contributed by atoms with Gasteiger partial charge in [0.15, 0.2) is 11.5 Å². The first kappa shape index (κ1) is 17.9. The quantitative estimate of drug-likeness (QED) is 0.823. The highest BCUT2D eigenvalue weighted by Gasteiger charge is 2.25. The molecule has 128 valence electrons. The number of nitrogens with zero attached hydrogens (tertiary/aromatic N) is 1. The number of carboxylic acid groups (broad SMARTS) is 1. The Hall–Kier alpha value is -1.46. The standard InChI is InChI=1S/C17H24ClNO4/c1-3-7-23-16-14(18)8-12(9-15(16)22-2)10-19-6-4-5-13(11-19)17(20)21/h8-9,13H,3-7,10-11H2,1-2H3,(H,20,21). The van der Waals surface area contributed by atoms with E-state index in [1.165, 1.54) is 0 Å². The lowest BCUT2D eigenvalue weighted by atomic mass is 9.98. The van der Waals surface area contributed by atoms with Crippen LogP contribution >= 0.6 is 11.6 Å². The van der Waals surface area contributed by atoms with Gasteiger partial charge in [-0.2, -0.15) is 0 Å². The summed E-state index contributed by atoms with van der Waals surface area (Å²) in [5.41, 5.74) is 1.00. The van der Waals surface area contributed by atoms with E-state index in [1.54, 1.807) is 7.11 Å². The summed E-state index contributed by atoms with van der Waals surface area (Å²) in [4.78, 5) is 13.3. The van der Waals surface area contributed by atoms with Gasteiger partial charge in [-0.25, -0.2) is 0 Å². The second-order valence-electron chi connectivity index (χ2n) is 5.87. The van der Waals surface area contributed by atoms with Crippen LogP contribution in [0.2, 0.25) is 5.02 Å².